The average molecular weight is 147 g/mol. The van der Waals surface area contributed by atoms with E-state index in [4.69, 9.17) is 17.3 Å². The second-order valence-electron chi connectivity index (χ2n) is 1.42. The van der Waals surface area contributed by atoms with Gasteiger partial charge in [-0.3, -0.25) is 0 Å². The molecule has 2 N–H and O–H groups in total. The van der Waals surface area contributed by atoms with E-state index in [-0.39, 0.29) is 5.88 Å². The molecular formula is C4H5NOS2. The predicted octanol–water partition coefficient (Wildman–Crippen LogP) is 1.82. The van der Waals surface area contributed by atoms with E-state index in [9.17, 15) is 0 Å². The van der Waals surface area contributed by atoms with E-state index in [1.807, 2.05) is 6.92 Å². The van der Waals surface area contributed by atoms with Gasteiger partial charge in [0.25, 0.3) is 0 Å². The van der Waals surface area contributed by atoms with Crippen LogP contribution in [0.1, 0.15) is 4.88 Å². The summed E-state index contributed by atoms with van der Waals surface area (Å²) in [4.78, 5) is 3.44. The molecule has 0 fully saturated rings. The van der Waals surface area contributed by atoms with Crippen LogP contribution in [0.15, 0.2) is 0 Å². The standard InChI is InChI=1S/C4H5NOS2/c1-2-3(6)5-4(7)8-2/h6H,1H3,(H,5,7). The SMILES string of the molecule is Cc1sc(=S)[nH]c1O. The molecule has 1 rings (SSSR count). The van der Waals surface area contributed by atoms with Crippen LogP contribution in [-0.2, 0) is 0 Å². The van der Waals surface area contributed by atoms with E-state index in [1.165, 1.54) is 11.3 Å². The number of thiazole rings is 1. The molecule has 0 aliphatic rings. The van der Waals surface area contributed by atoms with E-state index >= 15 is 0 Å². The van der Waals surface area contributed by atoms with Gasteiger partial charge in [0.1, 0.15) is 0 Å². The third-order valence-corrected chi connectivity index (χ3v) is 1.94. The van der Waals surface area contributed by atoms with Gasteiger partial charge in [-0.1, -0.05) is 0 Å². The van der Waals surface area contributed by atoms with Crippen LogP contribution in [0.2, 0.25) is 0 Å². The highest BCUT2D eigenvalue weighted by Crippen LogP contribution is 2.18. The molecule has 0 saturated carbocycles. The van der Waals surface area contributed by atoms with Crippen molar-refractivity contribution in [3.8, 4) is 5.88 Å². The van der Waals surface area contributed by atoms with Gasteiger partial charge in [0.15, 0.2) is 3.95 Å². The van der Waals surface area contributed by atoms with Gasteiger partial charge in [-0.25, -0.2) is 0 Å². The number of aryl methyl sites for hydroxylation is 1. The van der Waals surface area contributed by atoms with Gasteiger partial charge in [0.2, 0.25) is 5.88 Å². The summed E-state index contributed by atoms with van der Waals surface area (Å²) in [5.41, 5.74) is 0. The molecule has 0 amide bonds. The monoisotopic (exact) mass is 147 g/mol. The Hall–Kier alpha value is -0.350. The quantitative estimate of drug-likeness (QED) is 0.549. The Morgan fingerprint density at radius 2 is 2.38 bits per heavy atom. The summed E-state index contributed by atoms with van der Waals surface area (Å²) >= 11 is 6.10. The zero-order chi connectivity index (χ0) is 6.15. The van der Waals surface area contributed by atoms with Crippen molar-refractivity contribution in [1.29, 1.82) is 0 Å². The van der Waals surface area contributed by atoms with Crippen LogP contribution in [0.25, 0.3) is 0 Å². The Kier molecular flexibility index (Phi) is 1.35. The van der Waals surface area contributed by atoms with Crippen LogP contribution >= 0.6 is 23.6 Å². The van der Waals surface area contributed by atoms with Crippen molar-refractivity contribution in [1.82, 2.24) is 4.98 Å². The summed E-state index contributed by atoms with van der Waals surface area (Å²) in [5, 5.41) is 8.83. The molecule has 1 heterocycles. The van der Waals surface area contributed by atoms with Gasteiger partial charge in [-0.05, 0) is 19.1 Å². The van der Waals surface area contributed by atoms with E-state index in [1.54, 1.807) is 0 Å². The molecule has 0 saturated heterocycles. The van der Waals surface area contributed by atoms with E-state index < -0.39 is 0 Å². The van der Waals surface area contributed by atoms with Crippen LogP contribution in [0, 0.1) is 10.9 Å². The van der Waals surface area contributed by atoms with Crippen molar-refractivity contribution < 1.29 is 5.11 Å². The summed E-state index contributed by atoms with van der Waals surface area (Å²) in [6.07, 6.45) is 0. The minimum absolute atomic E-state index is 0.194. The van der Waals surface area contributed by atoms with Crippen molar-refractivity contribution in [2.75, 3.05) is 0 Å². The smallest absolute Gasteiger partial charge is 0.203 e. The number of aromatic amines is 1. The van der Waals surface area contributed by atoms with Crippen LogP contribution in [-0.4, -0.2) is 10.1 Å². The zero-order valence-corrected chi connectivity index (χ0v) is 5.90. The first-order chi connectivity index (χ1) is 3.70. The zero-order valence-electron chi connectivity index (χ0n) is 4.26. The maximum atomic E-state index is 8.83. The maximum absolute atomic E-state index is 8.83. The molecule has 0 unspecified atom stereocenters. The van der Waals surface area contributed by atoms with E-state index in [0.29, 0.717) is 3.95 Å². The largest absolute Gasteiger partial charge is 0.494 e. The van der Waals surface area contributed by atoms with Crippen molar-refractivity contribution in [3.05, 3.63) is 8.83 Å². The fourth-order valence-corrected chi connectivity index (χ4v) is 1.44. The third kappa shape index (κ3) is 0.900. The Balaban J connectivity index is 3.35. The summed E-state index contributed by atoms with van der Waals surface area (Å²) in [7, 11) is 0. The lowest BCUT2D eigenvalue weighted by atomic mass is 10.6. The van der Waals surface area contributed by atoms with Crippen LogP contribution < -0.4 is 0 Å². The Morgan fingerprint density at radius 3 is 2.50 bits per heavy atom. The highest BCUT2D eigenvalue weighted by molar-refractivity contribution is 7.73. The topological polar surface area (TPSA) is 36.0 Å². The summed E-state index contributed by atoms with van der Waals surface area (Å²) in [6, 6.07) is 0. The molecule has 0 aliphatic heterocycles. The molecule has 0 spiro atoms. The molecule has 0 aromatic carbocycles. The summed E-state index contributed by atoms with van der Waals surface area (Å²) in [5.74, 6) is 0.194. The minimum atomic E-state index is 0.194. The third-order valence-electron chi connectivity index (χ3n) is 0.800. The Morgan fingerprint density at radius 1 is 1.75 bits per heavy atom. The van der Waals surface area contributed by atoms with Crippen LogP contribution in [0.4, 0.5) is 0 Å². The first-order valence-corrected chi connectivity index (χ1v) is 3.31. The molecule has 0 radical (unpaired) electrons. The van der Waals surface area contributed by atoms with Crippen molar-refractivity contribution in [2.45, 2.75) is 6.92 Å². The summed E-state index contributed by atoms with van der Waals surface area (Å²) < 4.78 is 0.625. The number of H-pyrrole nitrogens is 1. The highest BCUT2D eigenvalue weighted by atomic mass is 32.1. The lowest BCUT2D eigenvalue weighted by Gasteiger charge is -1.79. The number of aromatic hydroxyl groups is 1. The second-order valence-corrected chi connectivity index (χ2v) is 3.31. The Bertz CT molecular complexity index is 214. The molecule has 8 heavy (non-hydrogen) atoms. The number of hydrogen-bond donors (Lipinski definition) is 2. The van der Waals surface area contributed by atoms with Crippen LogP contribution in [0.5, 0.6) is 5.88 Å². The molecule has 2 nitrogen and oxygen atoms in total. The molecule has 0 bridgehead atoms. The van der Waals surface area contributed by atoms with Gasteiger partial charge < -0.3 is 10.1 Å². The molecule has 1 aromatic rings. The fourth-order valence-electron chi connectivity index (χ4n) is 0.398. The lowest BCUT2D eigenvalue weighted by molar-refractivity contribution is 0.453. The van der Waals surface area contributed by atoms with Crippen LogP contribution in [0.3, 0.4) is 0 Å². The average Bonchev–Trinajstić information content (AvgIpc) is 1.85. The Labute approximate surface area is 55.8 Å². The fraction of sp³-hybridized carbons (Fsp3) is 0.250. The normalized spacial score (nSPS) is 9.62. The first-order valence-electron chi connectivity index (χ1n) is 2.09. The molecule has 44 valence electrons. The van der Waals surface area contributed by atoms with Gasteiger partial charge in [-0.2, -0.15) is 0 Å². The van der Waals surface area contributed by atoms with Gasteiger partial charge in [-0.15, -0.1) is 11.3 Å². The van der Waals surface area contributed by atoms with Gasteiger partial charge in [0.05, 0.1) is 4.88 Å². The molecule has 1 aromatic heterocycles. The summed E-state index contributed by atoms with van der Waals surface area (Å²) in [6.45, 7) is 1.81. The first kappa shape index (κ1) is 5.78. The van der Waals surface area contributed by atoms with Crippen molar-refractivity contribution in [3.63, 3.8) is 0 Å². The van der Waals surface area contributed by atoms with E-state index in [2.05, 4.69) is 4.98 Å². The number of aromatic nitrogens is 1. The van der Waals surface area contributed by atoms with E-state index in [0.717, 1.165) is 4.88 Å². The molecular weight excluding hydrogens is 142 g/mol. The molecule has 4 heteroatoms. The van der Waals surface area contributed by atoms with Gasteiger partial charge >= 0.3 is 0 Å². The lowest BCUT2D eigenvalue weighted by Crippen LogP contribution is -1.61. The van der Waals surface area contributed by atoms with Crippen molar-refractivity contribution in [2.24, 2.45) is 0 Å². The maximum Gasteiger partial charge on any atom is 0.203 e. The minimum Gasteiger partial charge on any atom is -0.494 e. The second kappa shape index (κ2) is 1.87. The molecule has 0 aliphatic carbocycles. The predicted molar refractivity (Wildman–Crippen MR) is 35.9 cm³/mol. The number of hydrogen-bond acceptors (Lipinski definition) is 3. The van der Waals surface area contributed by atoms with Gasteiger partial charge in [0, 0.05) is 0 Å². The molecule has 0 atom stereocenters. The number of nitrogens with one attached hydrogen (secondary N) is 1. The highest BCUT2D eigenvalue weighted by Gasteiger charge is 1.94. The van der Waals surface area contributed by atoms with Crippen molar-refractivity contribution >= 4 is 23.6 Å². The number of rotatable bonds is 0.